The topological polar surface area (TPSA) is 45.7 Å². The Morgan fingerprint density at radius 1 is 1.19 bits per heavy atom. The Labute approximate surface area is 161 Å². The van der Waals surface area contributed by atoms with Gasteiger partial charge in [-0.1, -0.05) is 30.3 Å². The third-order valence-corrected chi connectivity index (χ3v) is 5.98. The maximum atomic E-state index is 12.6. The minimum Gasteiger partial charge on any atom is -0.373 e. The van der Waals surface area contributed by atoms with E-state index in [9.17, 15) is 4.79 Å². The van der Waals surface area contributed by atoms with Crippen LogP contribution in [0, 0.1) is 0 Å². The lowest BCUT2D eigenvalue weighted by molar-refractivity contribution is -0.0393. The zero-order valence-electron chi connectivity index (χ0n) is 15.9. The van der Waals surface area contributed by atoms with Gasteiger partial charge in [-0.05, 0) is 44.0 Å². The van der Waals surface area contributed by atoms with Gasteiger partial charge in [-0.15, -0.1) is 0 Å². The van der Waals surface area contributed by atoms with E-state index in [0.29, 0.717) is 11.6 Å². The summed E-state index contributed by atoms with van der Waals surface area (Å²) >= 11 is 0. The van der Waals surface area contributed by atoms with Crippen LogP contribution in [0.3, 0.4) is 0 Å². The first-order chi connectivity index (χ1) is 13.2. The molecule has 0 bridgehead atoms. The van der Waals surface area contributed by atoms with E-state index in [0.717, 1.165) is 45.5 Å². The molecule has 2 fully saturated rings. The standard InChI is InChI=1S/C22H27N3O2/c1-24(16-18-5-3-2-4-6-18)20-15-22(27-17-20)9-13-25(14-10-22)21(26)19-7-11-23-12-8-19/h2-8,11-12,20H,9-10,13-17H2,1H3. The fourth-order valence-electron chi connectivity index (χ4n) is 4.25. The fraction of sp³-hybridized carbons (Fsp3) is 0.455. The van der Waals surface area contributed by atoms with Gasteiger partial charge in [0.1, 0.15) is 0 Å². The second kappa shape index (κ2) is 7.79. The number of carbonyl (C=O) groups is 1. The summed E-state index contributed by atoms with van der Waals surface area (Å²) in [5.41, 5.74) is 1.98. The maximum Gasteiger partial charge on any atom is 0.253 e. The van der Waals surface area contributed by atoms with Crippen LogP contribution in [0.25, 0.3) is 0 Å². The molecule has 142 valence electrons. The van der Waals surface area contributed by atoms with Crippen LogP contribution in [0.2, 0.25) is 0 Å². The second-order valence-corrected chi connectivity index (χ2v) is 7.78. The van der Waals surface area contributed by atoms with E-state index >= 15 is 0 Å². The van der Waals surface area contributed by atoms with Crippen molar-refractivity contribution >= 4 is 5.91 Å². The average molecular weight is 365 g/mol. The van der Waals surface area contributed by atoms with Gasteiger partial charge >= 0.3 is 0 Å². The van der Waals surface area contributed by atoms with Gasteiger partial charge in [0.25, 0.3) is 5.91 Å². The number of pyridine rings is 1. The molecule has 0 N–H and O–H groups in total. The van der Waals surface area contributed by atoms with Crippen LogP contribution in [0.5, 0.6) is 0 Å². The largest absolute Gasteiger partial charge is 0.373 e. The van der Waals surface area contributed by atoms with Crippen LogP contribution in [-0.2, 0) is 11.3 Å². The molecule has 2 aromatic rings. The molecule has 5 heteroatoms. The zero-order valence-corrected chi connectivity index (χ0v) is 15.9. The van der Waals surface area contributed by atoms with Crippen molar-refractivity contribution in [2.24, 2.45) is 0 Å². The average Bonchev–Trinajstić information content (AvgIpc) is 3.13. The number of carbonyl (C=O) groups excluding carboxylic acids is 1. The zero-order chi connectivity index (χ0) is 18.7. The van der Waals surface area contributed by atoms with Crippen LogP contribution in [0.4, 0.5) is 0 Å². The summed E-state index contributed by atoms with van der Waals surface area (Å²) in [6.45, 7) is 3.24. The van der Waals surface area contributed by atoms with Gasteiger partial charge in [-0.25, -0.2) is 0 Å². The minimum atomic E-state index is -0.0648. The summed E-state index contributed by atoms with van der Waals surface area (Å²) in [6, 6.07) is 14.6. The molecule has 27 heavy (non-hydrogen) atoms. The number of rotatable bonds is 4. The van der Waals surface area contributed by atoms with Crippen molar-refractivity contribution in [3.63, 3.8) is 0 Å². The molecule has 1 spiro atoms. The number of likely N-dealkylation sites (N-methyl/N-ethyl adjacent to an activating group) is 1. The SMILES string of the molecule is CN(Cc1ccccc1)C1COC2(CCN(C(=O)c3ccncc3)CC2)C1. The minimum absolute atomic E-state index is 0.0648. The van der Waals surface area contributed by atoms with E-state index in [-0.39, 0.29) is 11.5 Å². The molecule has 0 saturated carbocycles. The monoisotopic (exact) mass is 365 g/mol. The molecule has 1 aromatic heterocycles. The Balaban J connectivity index is 1.32. The van der Waals surface area contributed by atoms with E-state index in [1.165, 1.54) is 5.56 Å². The number of amides is 1. The fourth-order valence-corrected chi connectivity index (χ4v) is 4.25. The predicted molar refractivity (Wildman–Crippen MR) is 104 cm³/mol. The van der Waals surface area contributed by atoms with Crippen molar-refractivity contribution in [3.8, 4) is 0 Å². The molecule has 1 atom stereocenters. The van der Waals surface area contributed by atoms with Crippen LogP contribution < -0.4 is 0 Å². The molecule has 2 aliphatic rings. The molecular weight excluding hydrogens is 338 g/mol. The van der Waals surface area contributed by atoms with Gasteiger partial charge in [-0.3, -0.25) is 14.7 Å². The molecule has 1 aromatic carbocycles. The summed E-state index contributed by atoms with van der Waals surface area (Å²) in [6.07, 6.45) is 6.23. The van der Waals surface area contributed by atoms with Crippen LogP contribution in [0.15, 0.2) is 54.9 Å². The van der Waals surface area contributed by atoms with Gasteiger partial charge in [-0.2, -0.15) is 0 Å². The molecule has 1 amide bonds. The van der Waals surface area contributed by atoms with Gasteiger partial charge in [0.2, 0.25) is 0 Å². The van der Waals surface area contributed by atoms with Gasteiger partial charge in [0.05, 0.1) is 12.2 Å². The number of likely N-dealkylation sites (tertiary alicyclic amines) is 1. The third-order valence-electron chi connectivity index (χ3n) is 5.98. The smallest absolute Gasteiger partial charge is 0.253 e. The Kier molecular flexibility index (Phi) is 5.23. The van der Waals surface area contributed by atoms with Gasteiger partial charge < -0.3 is 9.64 Å². The Hall–Kier alpha value is -2.24. The van der Waals surface area contributed by atoms with Crippen molar-refractivity contribution in [3.05, 3.63) is 66.0 Å². The number of nitrogens with zero attached hydrogens (tertiary/aromatic N) is 3. The first-order valence-corrected chi connectivity index (χ1v) is 9.73. The lowest BCUT2D eigenvalue weighted by atomic mass is 9.87. The molecular formula is C22H27N3O2. The highest BCUT2D eigenvalue weighted by molar-refractivity contribution is 5.94. The van der Waals surface area contributed by atoms with Crippen LogP contribution in [0.1, 0.15) is 35.2 Å². The summed E-state index contributed by atoms with van der Waals surface area (Å²) in [5.74, 6) is 0.1000. The Bertz CT molecular complexity index is 758. The first kappa shape index (κ1) is 18.1. The highest BCUT2D eigenvalue weighted by Crippen LogP contribution is 2.38. The van der Waals surface area contributed by atoms with Crippen molar-refractivity contribution < 1.29 is 9.53 Å². The Morgan fingerprint density at radius 2 is 1.89 bits per heavy atom. The highest BCUT2D eigenvalue weighted by Gasteiger charge is 2.44. The number of aromatic nitrogens is 1. The normalized spacial score (nSPS) is 21.7. The van der Waals surface area contributed by atoms with E-state index < -0.39 is 0 Å². The van der Waals surface area contributed by atoms with Crippen LogP contribution >= 0.6 is 0 Å². The molecule has 0 aliphatic carbocycles. The third kappa shape index (κ3) is 4.04. The second-order valence-electron chi connectivity index (χ2n) is 7.78. The van der Waals surface area contributed by atoms with E-state index in [2.05, 4.69) is 47.3 Å². The molecule has 2 saturated heterocycles. The molecule has 0 radical (unpaired) electrons. The predicted octanol–water partition coefficient (Wildman–Crippen LogP) is 2.98. The maximum absolute atomic E-state index is 12.6. The van der Waals surface area contributed by atoms with E-state index in [1.54, 1.807) is 24.5 Å². The molecule has 4 rings (SSSR count). The summed E-state index contributed by atoms with van der Waals surface area (Å²) < 4.78 is 6.30. The number of piperidine rings is 1. The number of hydrogen-bond donors (Lipinski definition) is 0. The van der Waals surface area contributed by atoms with Crippen LogP contribution in [-0.4, -0.2) is 59.1 Å². The van der Waals surface area contributed by atoms with Crippen molar-refractivity contribution in [1.29, 1.82) is 0 Å². The van der Waals surface area contributed by atoms with Crippen molar-refractivity contribution in [1.82, 2.24) is 14.8 Å². The number of benzene rings is 1. The van der Waals surface area contributed by atoms with E-state index in [1.807, 2.05) is 4.90 Å². The highest BCUT2D eigenvalue weighted by atomic mass is 16.5. The first-order valence-electron chi connectivity index (χ1n) is 9.73. The molecule has 5 nitrogen and oxygen atoms in total. The summed E-state index contributed by atoms with van der Waals surface area (Å²) in [7, 11) is 2.18. The molecule has 2 aliphatic heterocycles. The summed E-state index contributed by atoms with van der Waals surface area (Å²) in [4.78, 5) is 21.0. The lowest BCUT2D eigenvalue weighted by Gasteiger charge is -2.39. The van der Waals surface area contributed by atoms with Gasteiger partial charge in [0.15, 0.2) is 0 Å². The van der Waals surface area contributed by atoms with Gasteiger partial charge in [0, 0.05) is 43.6 Å². The quantitative estimate of drug-likeness (QED) is 0.836. The summed E-state index contributed by atoms with van der Waals surface area (Å²) in [5, 5.41) is 0. The Morgan fingerprint density at radius 3 is 2.59 bits per heavy atom. The van der Waals surface area contributed by atoms with Crippen molar-refractivity contribution in [2.45, 2.75) is 37.5 Å². The molecule has 1 unspecified atom stereocenters. The number of hydrogen-bond acceptors (Lipinski definition) is 4. The van der Waals surface area contributed by atoms with E-state index in [4.69, 9.17) is 4.74 Å². The number of ether oxygens (including phenoxy) is 1. The van der Waals surface area contributed by atoms with Crippen molar-refractivity contribution in [2.75, 3.05) is 26.7 Å². The lowest BCUT2D eigenvalue weighted by Crippen LogP contribution is -2.47. The molecule has 3 heterocycles.